The predicted molar refractivity (Wildman–Crippen MR) is 84.8 cm³/mol. The Morgan fingerprint density at radius 2 is 1.86 bits per heavy atom. The maximum atomic E-state index is 11.2. The summed E-state index contributed by atoms with van der Waals surface area (Å²) in [4.78, 5) is 0. The number of benzene rings is 2. The summed E-state index contributed by atoms with van der Waals surface area (Å²) in [5, 5.41) is 11.2. The molecule has 1 atom stereocenters. The van der Waals surface area contributed by atoms with E-state index in [4.69, 9.17) is 4.74 Å². The molecular formula is C19H22O2. The van der Waals surface area contributed by atoms with E-state index in [0.717, 1.165) is 29.7 Å². The van der Waals surface area contributed by atoms with E-state index in [1.807, 2.05) is 6.07 Å². The molecule has 1 aliphatic rings. The van der Waals surface area contributed by atoms with Gasteiger partial charge in [-0.3, -0.25) is 0 Å². The average molecular weight is 282 g/mol. The summed E-state index contributed by atoms with van der Waals surface area (Å²) in [5.41, 5.74) is 5.18. The number of methoxy groups -OCH3 is 1. The van der Waals surface area contributed by atoms with E-state index in [0.29, 0.717) is 6.42 Å². The van der Waals surface area contributed by atoms with Crippen LogP contribution >= 0.6 is 0 Å². The molecule has 2 aromatic carbocycles. The molecule has 0 aliphatic heterocycles. The lowest BCUT2D eigenvalue weighted by Gasteiger charge is -2.35. The predicted octanol–water partition coefficient (Wildman–Crippen LogP) is 3.69. The summed E-state index contributed by atoms with van der Waals surface area (Å²) >= 11 is 0. The molecule has 2 heteroatoms. The first-order chi connectivity index (χ1) is 10.0. The normalized spacial score (nSPS) is 21.0. The SMILES string of the molecule is COc1ccc2c(c1)CC(O)(c1cc(C)ccc1C)CC2. The fraction of sp³-hybridized carbons (Fsp3) is 0.368. The topological polar surface area (TPSA) is 29.5 Å². The van der Waals surface area contributed by atoms with Crippen molar-refractivity contribution in [1.29, 1.82) is 0 Å². The first-order valence-corrected chi connectivity index (χ1v) is 7.48. The number of ether oxygens (including phenoxy) is 1. The zero-order chi connectivity index (χ0) is 15.0. The Morgan fingerprint density at radius 1 is 1.05 bits per heavy atom. The van der Waals surface area contributed by atoms with Crippen molar-refractivity contribution >= 4 is 0 Å². The van der Waals surface area contributed by atoms with Crippen molar-refractivity contribution in [3.63, 3.8) is 0 Å². The van der Waals surface area contributed by atoms with Crippen molar-refractivity contribution in [2.45, 2.75) is 38.7 Å². The third-order valence-electron chi connectivity index (χ3n) is 4.60. The maximum absolute atomic E-state index is 11.2. The third kappa shape index (κ3) is 2.56. The highest BCUT2D eigenvalue weighted by Crippen LogP contribution is 2.39. The van der Waals surface area contributed by atoms with E-state index in [2.05, 4.69) is 44.2 Å². The van der Waals surface area contributed by atoms with Crippen LogP contribution in [0.5, 0.6) is 5.75 Å². The van der Waals surface area contributed by atoms with Crippen LogP contribution in [0.15, 0.2) is 36.4 Å². The first kappa shape index (κ1) is 14.2. The van der Waals surface area contributed by atoms with Gasteiger partial charge in [0.05, 0.1) is 12.7 Å². The summed E-state index contributed by atoms with van der Waals surface area (Å²) < 4.78 is 5.32. The molecule has 0 amide bonds. The van der Waals surface area contributed by atoms with Crippen molar-refractivity contribution in [2.24, 2.45) is 0 Å². The molecule has 1 aliphatic carbocycles. The highest BCUT2D eigenvalue weighted by molar-refractivity contribution is 5.43. The summed E-state index contributed by atoms with van der Waals surface area (Å²) in [6.07, 6.45) is 2.34. The number of rotatable bonds is 2. The standard InChI is InChI=1S/C19H22O2/c1-13-4-5-14(2)18(10-13)19(20)9-8-15-6-7-17(21-3)11-16(15)12-19/h4-7,10-11,20H,8-9,12H2,1-3H3. The minimum atomic E-state index is -0.768. The second-order valence-electron chi connectivity index (χ2n) is 6.16. The van der Waals surface area contributed by atoms with Gasteiger partial charge in [0.25, 0.3) is 0 Å². The molecule has 0 bridgehead atoms. The van der Waals surface area contributed by atoms with Gasteiger partial charge in [-0.1, -0.05) is 29.8 Å². The fourth-order valence-electron chi connectivity index (χ4n) is 3.35. The van der Waals surface area contributed by atoms with Crippen LogP contribution in [0.1, 0.15) is 34.2 Å². The van der Waals surface area contributed by atoms with Gasteiger partial charge in [-0.15, -0.1) is 0 Å². The van der Waals surface area contributed by atoms with Crippen LogP contribution in [0.3, 0.4) is 0 Å². The molecule has 0 aromatic heterocycles. The first-order valence-electron chi connectivity index (χ1n) is 7.48. The van der Waals surface area contributed by atoms with Crippen LogP contribution in [0.2, 0.25) is 0 Å². The van der Waals surface area contributed by atoms with E-state index in [9.17, 15) is 5.11 Å². The number of aryl methyl sites for hydroxylation is 3. The van der Waals surface area contributed by atoms with Crippen molar-refractivity contribution in [3.05, 3.63) is 64.2 Å². The van der Waals surface area contributed by atoms with Crippen LogP contribution in [0.25, 0.3) is 0 Å². The van der Waals surface area contributed by atoms with E-state index in [-0.39, 0.29) is 0 Å². The Hall–Kier alpha value is -1.80. The van der Waals surface area contributed by atoms with Crippen LogP contribution in [0.4, 0.5) is 0 Å². The minimum Gasteiger partial charge on any atom is -0.497 e. The summed E-state index contributed by atoms with van der Waals surface area (Å²) in [7, 11) is 1.68. The van der Waals surface area contributed by atoms with Gasteiger partial charge in [0, 0.05) is 6.42 Å². The smallest absolute Gasteiger partial charge is 0.119 e. The fourth-order valence-corrected chi connectivity index (χ4v) is 3.35. The van der Waals surface area contributed by atoms with Crippen molar-refractivity contribution in [3.8, 4) is 5.75 Å². The molecule has 21 heavy (non-hydrogen) atoms. The van der Waals surface area contributed by atoms with Gasteiger partial charge in [0.15, 0.2) is 0 Å². The van der Waals surface area contributed by atoms with E-state index in [1.165, 1.54) is 16.7 Å². The third-order valence-corrected chi connectivity index (χ3v) is 4.60. The molecule has 0 heterocycles. The zero-order valence-corrected chi connectivity index (χ0v) is 12.9. The highest BCUT2D eigenvalue weighted by Gasteiger charge is 2.35. The minimum absolute atomic E-state index is 0.657. The van der Waals surface area contributed by atoms with Gasteiger partial charge in [0.1, 0.15) is 5.75 Å². The molecule has 1 N–H and O–H groups in total. The van der Waals surface area contributed by atoms with Crippen LogP contribution in [0, 0.1) is 13.8 Å². The lowest BCUT2D eigenvalue weighted by Crippen LogP contribution is -2.34. The molecule has 110 valence electrons. The van der Waals surface area contributed by atoms with Gasteiger partial charge >= 0.3 is 0 Å². The molecular weight excluding hydrogens is 260 g/mol. The van der Waals surface area contributed by atoms with Crippen molar-refractivity contribution in [1.82, 2.24) is 0 Å². The Kier molecular flexibility index (Phi) is 3.50. The number of hydrogen-bond donors (Lipinski definition) is 1. The van der Waals surface area contributed by atoms with Crippen LogP contribution in [-0.2, 0) is 18.4 Å². The van der Waals surface area contributed by atoms with Gasteiger partial charge in [-0.25, -0.2) is 0 Å². The molecule has 2 aromatic rings. The molecule has 2 nitrogen and oxygen atoms in total. The number of hydrogen-bond acceptors (Lipinski definition) is 2. The number of aliphatic hydroxyl groups is 1. The Balaban J connectivity index is 2.02. The Morgan fingerprint density at radius 3 is 2.62 bits per heavy atom. The van der Waals surface area contributed by atoms with Crippen molar-refractivity contribution in [2.75, 3.05) is 7.11 Å². The van der Waals surface area contributed by atoms with Gasteiger partial charge in [0.2, 0.25) is 0 Å². The molecule has 0 radical (unpaired) electrons. The largest absolute Gasteiger partial charge is 0.497 e. The second kappa shape index (κ2) is 5.19. The number of fused-ring (bicyclic) bond motifs is 1. The summed E-state index contributed by atoms with van der Waals surface area (Å²) in [5.74, 6) is 0.860. The highest BCUT2D eigenvalue weighted by atomic mass is 16.5. The van der Waals surface area contributed by atoms with E-state index >= 15 is 0 Å². The molecule has 0 spiro atoms. The molecule has 0 saturated carbocycles. The van der Waals surface area contributed by atoms with Crippen LogP contribution in [-0.4, -0.2) is 12.2 Å². The molecule has 0 fully saturated rings. The second-order valence-corrected chi connectivity index (χ2v) is 6.16. The lowest BCUT2D eigenvalue weighted by atomic mass is 9.75. The summed E-state index contributed by atoms with van der Waals surface area (Å²) in [6, 6.07) is 12.5. The van der Waals surface area contributed by atoms with E-state index in [1.54, 1.807) is 7.11 Å². The molecule has 0 saturated heterocycles. The van der Waals surface area contributed by atoms with Crippen molar-refractivity contribution < 1.29 is 9.84 Å². The van der Waals surface area contributed by atoms with Gasteiger partial charge in [-0.05, 0) is 61.1 Å². The van der Waals surface area contributed by atoms with Gasteiger partial charge < -0.3 is 9.84 Å². The molecule has 3 rings (SSSR count). The summed E-state index contributed by atoms with van der Waals surface area (Å²) in [6.45, 7) is 4.15. The zero-order valence-electron chi connectivity index (χ0n) is 12.9. The van der Waals surface area contributed by atoms with Gasteiger partial charge in [-0.2, -0.15) is 0 Å². The Bertz CT molecular complexity index is 675. The Labute approximate surface area is 126 Å². The van der Waals surface area contributed by atoms with E-state index < -0.39 is 5.60 Å². The maximum Gasteiger partial charge on any atom is 0.119 e. The monoisotopic (exact) mass is 282 g/mol. The van der Waals surface area contributed by atoms with Crippen LogP contribution < -0.4 is 4.74 Å². The quantitative estimate of drug-likeness (QED) is 0.910. The lowest BCUT2D eigenvalue weighted by molar-refractivity contribution is 0.0215. The average Bonchev–Trinajstić information content (AvgIpc) is 2.48. The molecule has 1 unspecified atom stereocenters.